The predicted molar refractivity (Wildman–Crippen MR) is 55.8 cm³/mol. The first-order valence-electron chi connectivity index (χ1n) is 4.26. The second kappa shape index (κ2) is 3.38. The third-order valence-corrected chi connectivity index (χ3v) is 2.00. The summed E-state index contributed by atoms with van der Waals surface area (Å²) in [6.45, 7) is 0. The smallest absolute Gasteiger partial charge is 0.134 e. The van der Waals surface area contributed by atoms with E-state index in [0.29, 0.717) is 5.69 Å². The van der Waals surface area contributed by atoms with Gasteiger partial charge in [0.15, 0.2) is 0 Å². The highest BCUT2D eigenvalue weighted by Crippen LogP contribution is 2.26. The van der Waals surface area contributed by atoms with Crippen LogP contribution in [0.2, 0.25) is 0 Å². The van der Waals surface area contributed by atoms with Crippen molar-refractivity contribution >= 4 is 5.69 Å². The van der Waals surface area contributed by atoms with Crippen LogP contribution in [0.1, 0.15) is 0 Å². The Hall–Kier alpha value is -2.03. The molecule has 2 aromatic rings. The van der Waals surface area contributed by atoms with Crippen LogP contribution in [-0.4, -0.2) is 10.1 Å². The number of aromatic hydroxyl groups is 1. The van der Waals surface area contributed by atoms with Crippen molar-refractivity contribution in [3.05, 3.63) is 42.7 Å². The van der Waals surface area contributed by atoms with Gasteiger partial charge < -0.3 is 10.8 Å². The van der Waals surface area contributed by atoms with Crippen LogP contribution in [0, 0.1) is 0 Å². The number of aromatic nitrogens is 1. The van der Waals surface area contributed by atoms with Crippen LogP contribution in [0.25, 0.3) is 11.1 Å². The first-order chi connectivity index (χ1) is 6.77. The average molecular weight is 186 g/mol. The zero-order valence-corrected chi connectivity index (χ0v) is 7.51. The third kappa shape index (κ3) is 1.52. The van der Waals surface area contributed by atoms with E-state index in [-0.39, 0.29) is 5.75 Å². The maximum atomic E-state index is 9.26. The van der Waals surface area contributed by atoms with Crippen molar-refractivity contribution in [2.45, 2.75) is 0 Å². The second-order valence-electron chi connectivity index (χ2n) is 3.02. The SMILES string of the molecule is Nc1ccccc1-c1cncc(O)c1. The molecule has 14 heavy (non-hydrogen) atoms. The molecule has 0 spiro atoms. The molecule has 0 aliphatic rings. The van der Waals surface area contributed by atoms with Crippen molar-refractivity contribution in [2.75, 3.05) is 5.73 Å². The van der Waals surface area contributed by atoms with E-state index in [1.54, 1.807) is 12.3 Å². The van der Waals surface area contributed by atoms with Gasteiger partial charge in [-0.05, 0) is 12.1 Å². The first-order valence-corrected chi connectivity index (χ1v) is 4.26. The van der Waals surface area contributed by atoms with E-state index in [0.717, 1.165) is 11.1 Å². The number of nitrogens with zero attached hydrogens (tertiary/aromatic N) is 1. The van der Waals surface area contributed by atoms with Crippen LogP contribution < -0.4 is 5.73 Å². The van der Waals surface area contributed by atoms with Gasteiger partial charge in [0.05, 0.1) is 6.20 Å². The Kier molecular flexibility index (Phi) is 2.07. The Balaban J connectivity index is 2.55. The molecule has 0 unspecified atom stereocenters. The predicted octanol–water partition coefficient (Wildman–Crippen LogP) is 2.04. The van der Waals surface area contributed by atoms with Crippen LogP contribution in [0.15, 0.2) is 42.7 Å². The molecule has 0 bridgehead atoms. The van der Waals surface area contributed by atoms with Gasteiger partial charge in [-0.2, -0.15) is 0 Å². The molecular weight excluding hydrogens is 176 g/mol. The molecular formula is C11H10N2O. The Morgan fingerprint density at radius 2 is 1.93 bits per heavy atom. The number of hydrogen-bond donors (Lipinski definition) is 2. The fraction of sp³-hybridized carbons (Fsp3) is 0. The van der Waals surface area contributed by atoms with Crippen molar-refractivity contribution in [1.82, 2.24) is 4.98 Å². The lowest BCUT2D eigenvalue weighted by Crippen LogP contribution is -1.89. The molecule has 0 atom stereocenters. The lowest BCUT2D eigenvalue weighted by atomic mass is 10.1. The van der Waals surface area contributed by atoms with Crippen molar-refractivity contribution in [2.24, 2.45) is 0 Å². The van der Waals surface area contributed by atoms with Gasteiger partial charge in [-0.1, -0.05) is 18.2 Å². The molecule has 0 aliphatic heterocycles. The Morgan fingerprint density at radius 1 is 1.14 bits per heavy atom. The summed E-state index contributed by atoms with van der Waals surface area (Å²) in [4.78, 5) is 3.90. The topological polar surface area (TPSA) is 59.1 Å². The number of benzene rings is 1. The third-order valence-electron chi connectivity index (χ3n) is 2.00. The first kappa shape index (κ1) is 8.56. The van der Waals surface area contributed by atoms with Gasteiger partial charge in [0.1, 0.15) is 5.75 Å². The minimum absolute atomic E-state index is 0.144. The van der Waals surface area contributed by atoms with Crippen molar-refractivity contribution < 1.29 is 5.11 Å². The number of pyridine rings is 1. The normalized spacial score (nSPS) is 10.0. The van der Waals surface area contributed by atoms with Crippen LogP contribution in [0.3, 0.4) is 0 Å². The van der Waals surface area contributed by atoms with Crippen molar-refractivity contribution in [3.63, 3.8) is 0 Å². The van der Waals surface area contributed by atoms with Crippen molar-refractivity contribution in [3.8, 4) is 16.9 Å². The lowest BCUT2D eigenvalue weighted by molar-refractivity contribution is 0.473. The average Bonchev–Trinajstić information content (AvgIpc) is 2.18. The number of nitrogen functional groups attached to an aromatic ring is 1. The summed E-state index contributed by atoms with van der Waals surface area (Å²) >= 11 is 0. The van der Waals surface area contributed by atoms with Gasteiger partial charge in [-0.15, -0.1) is 0 Å². The monoisotopic (exact) mass is 186 g/mol. The van der Waals surface area contributed by atoms with Gasteiger partial charge in [-0.3, -0.25) is 4.98 Å². The van der Waals surface area contributed by atoms with E-state index in [1.165, 1.54) is 6.20 Å². The Bertz CT molecular complexity index is 455. The molecule has 3 heteroatoms. The van der Waals surface area contributed by atoms with Crippen LogP contribution >= 0.6 is 0 Å². The van der Waals surface area contributed by atoms with E-state index in [4.69, 9.17) is 5.73 Å². The summed E-state index contributed by atoms with van der Waals surface area (Å²) in [5.74, 6) is 0.144. The fourth-order valence-corrected chi connectivity index (χ4v) is 1.33. The molecule has 0 aliphatic carbocycles. The van der Waals surface area contributed by atoms with E-state index >= 15 is 0 Å². The number of rotatable bonds is 1. The highest BCUT2D eigenvalue weighted by atomic mass is 16.3. The van der Waals surface area contributed by atoms with Gasteiger partial charge >= 0.3 is 0 Å². The fourth-order valence-electron chi connectivity index (χ4n) is 1.33. The molecule has 2 rings (SSSR count). The molecule has 3 N–H and O–H groups in total. The largest absolute Gasteiger partial charge is 0.506 e. The number of nitrogens with two attached hydrogens (primary N) is 1. The van der Waals surface area contributed by atoms with Gasteiger partial charge in [0.2, 0.25) is 0 Å². The van der Waals surface area contributed by atoms with Gasteiger partial charge in [-0.25, -0.2) is 0 Å². The molecule has 1 aromatic carbocycles. The summed E-state index contributed by atoms with van der Waals surface area (Å²) in [6.07, 6.45) is 3.06. The van der Waals surface area contributed by atoms with Crippen LogP contribution in [0.4, 0.5) is 5.69 Å². The van der Waals surface area contributed by atoms with E-state index in [9.17, 15) is 5.11 Å². The molecule has 1 heterocycles. The lowest BCUT2D eigenvalue weighted by Gasteiger charge is -2.04. The highest BCUT2D eigenvalue weighted by Gasteiger charge is 2.02. The quantitative estimate of drug-likeness (QED) is 0.670. The molecule has 0 saturated heterocycles. The van der Waals surface area contributed by atoms with Crippen LogP contribution in [0.5, 0.6) is 5.75 Å². The minimum Gasteiger partial charge on any atom is -0.506 e. The number of hydrogen-bond acceptors (Lipinski definition) is 3. The maximum absolute atomic E-state index is 9.26. The molecule has 0 radical (unpaired) electrons. The zero-order chi connectivity index (χ0) is 9.97. The molecule has 0 amide bonds. The molecule has 3 nitrogen and oxygen atoms in total. The van der Waals surface area contributed by atoms with Gasteiger partial charge in [0.25, 0.3) is 0 Å². The standard InChI is InChI=1S/C11H10N2O/c12-11-4-2-1-3-10(11)8-5-9(14)7-13-6-8/h1-7,14H,12H2. The summed E-state index contributed by atoms with van der Waals surface area (Å²) in [7, 11) is 0. The number of anilines is 1. The number of para-hydroxylation sites is 1. The minimum atomic E-state index is 0.144. The molecule has 1 aromatic heterocycles. The highest BCUT2D eigenvalue weighted by molar-refractivity contribution is 5.76. The summed E-state index contributed by atoms with van der Waals surface area (Å²) in [5.41, 5.74) is 8.18. The molecule has 0 fully saturated rings. The van der Waals surface area contributed by atoms with E-state index in [1.807, 2.05) is 24.3 Å². The second-order valence-corrected chi connectivity index (χ2v) is 3.02. The Labute approximate surface area is 81.8 Å². The maximum Gasteiger partial charge on any atom is 0.134 e. The van der Waals surface area contributed by atoms with E-state index in [2.05, 4.69) is 4.98 Å². The van der Waals surface area contributed by atoms with Gasteiger partial charge in [0, 0.05) is 23.0 Å². The Morgan fingerprint density at radius 3 is 2.64 bits per heavy atom. The van der Waals surface area contributed by atoms with Crippen molar-refractivity contribution in [1.29, 1.82) is 0 Å². The molecule has 70 valence electrons. The van der Waals surface area contributed by atoms with E-state index < -0.39 is 0 Å². The zero-order valence-electron chi connectivity index (χ0n) is 7.51. The summed E-state index contributed by atoms with van der Waals surface area (Å²) in [6, 6.07) is 9.12. The summed E-state index contributed by atoms with van der Waals surface area (Å²) < 4.78 is 0. The summed E-state index contributed by atoms with van der Waals surface area (Å²) in [5, 5.41) is 9.26. The molecule has 0 saturated carbocycles. The van der Waals surface area contributed by atoms with Crippen LogP contribution in [-0.2, 0) is 0 Å².